The third kappa shape index (κ3) is 4.68. The fourth-order valence-electron chi connectivity index (χ4n) is 1.55. The molecule has 0 aliphatic rings. The lowest BCUT2D eigenvalue weighted by Crippen LogP contribution is -2.20. The van der Waals surface area contributed by atoms with Gasteiger partial charge in [0.25, 0.3) is 0 Å². The van der Waals surface area contributed by atoms with E-state index < -0.39 is 5.92 Å². The van der Waals surface area contributed by atoms with Crippen molar-refractivity contribution in [3.8, 4) is 0 Å². The zero-order valence-electron chi connectivity index (χ0n) is 9.87. The van der Waals surface area contributed by atoms with E-state index in [4.69, 9.17) is 9.94 Å². The second-order valence-electron chi connectivity index (χ2n) is 3.65. The van der Waals surface area contributed by atoms with Crippen molar-refractivity contribution in [2.24, 2.45) is 11.1 Å². The molecule has 4 heteroatoms. The summed E-state index contributed by atoms with van der Waals surface area (Å²) < 4.78 is 4.90. The van der Waals surface area contributed by atoms with Gasteiger partial charge < -0.3 is 9.94 Å². The standard InChI is InChI=1S/C13H17NO3/c1-2-17-13(15)12(10-14-16)9-8-11-6-4-3-5-7-11/h3-7,10,12,16H,2,8-9H2,1H3/b14-10-. The Morgan fingerprint density at radius 1 is 1.47 bits per heavy atom. The topological polar surface area (TPSA) is 58.9 Å². The Kier molecular flexibility index (Phi) is 5.79. The van der Waals surface area contributed by atoms with Crippen molar-refractivity contribution in [3.05, 3.63) is 35.9 Å². The van der Waals surface area contributed by atoms with Gasteiger partial charge in [-0.3, -0.25) is 4.79 Å². The maximum Gasteiger partial charge on any atom is 0.314 e. The molecule has 0 heterocycles. The van der Waals surface area contributed by atoms with Gasteiger partial charge in [0.15, 0.2) is 0 Å². The van der Waals surface area contributed by atoms with E-state index in [1.165, 1.54) is 6.21 Å². The number of carbonyl (C=O) groups excluding carboxylic acids is 1. The Bertz CT molecular complexity index is 362. The SMILES string of the molecule is CCOC(=O)C(/C=N\O)CCc1ccccc1. The highest BCUT2D eigenvalue weighted by atomic mass is 16.5. The molecule has 0 amide bonds. The normalized spacial score (nSPS) is 12.5. The van der Waals surface area contributed by atoms with Crippen LogP contribution in [0.1, 0.15) is 18.9 Å². The van der Waals surface area contributed by atoms with Crippen LogP contribution in [-0.2, 0) is 16.0 Å². The van der Waals surface area contributed by atoms with Crippen LogP contribution in [-0.4, -0.2) is 24.0 Å². The first-order chi connectivity index (χ1) is 8.27. The van der Waals surface area contributed by atoms with E-state index in [9.17, 15) is 4.79 Å². The van der Waals surface area contributed by atoms with Crippen molar-refractivity contribution >= 4 is 12.2 Å². The Hall–Kier alpha value is -1.84. The summed E-state index contributed by atoms with van der Waals surface area (Å²) in [5, 5.41) is 11.4. The number of benzene rings is 1. The van der Waals surface area contributed by atoms with Crippen molar-refractivity contribution in [1.82, 2.24) is 0 Å². The number of hydrogen-bond acceptors (Lipinski definition) is 4. The molecular weight excluding hydrogens is 218 g/mol. The molecule has 1 unspecified atom stereocenters. The van der Waals surface area contributed by atoms with Gasteiger partial charge >= 0.3 is 5.97 Å². The van der Waals surface area contributed by atoms with Gasteiger partial charge in [-0.05, 0) is 25.3 Å². The van der Waals surface area contributed by atoms with Gasteiger partial charge in [-0.25, -0.2) is 0 Å². The predicted molar refractivity (Wildman–Crippen MR) is 65.2 cm³/mol. The van der Waals surface area contributed by atoms with Crippen LogP contribution < -0.4 is 0 Å². The number of ether oxygens (including phenoxy) is 1. The summed E-state index contributed by atoms with van der Waals surface area (Å²) in [7, 11) is 0. The minimum atomic E-state index is -0.486. The van der Waals surface area contributed by atoms with Crippen LogP contribution in [0.25, 0.3) is 0 Å². The number of aryl methyl sites for hydroxylation is 1. The maximum absolute atomic E-state index is 11.5. The monoisotopic (exact) mass is 235 g/mol. The molecule has 0 fully saturated rings. The highest BCUT2D eigenvalue weighted by Crippen LogP contribution is 2.10. The second-order valence-corrected chi connectivity index (χ2v) is 3.65. The van der Waals surface area contributed by atoms with Gasteiger partial charge in [0, 0.05) is 0 Å². The molecule has 0 aliphatic carbocycles. The number of oxime groups is 1. The predicted octanol–water partition coefficient (Wildman–Crippen LogP) is 2.26. The van der Waals surface area contributed by atoms with Gasteiger partial charge in [0.1, 0.15) is 0 Å². The van der Waals surface area contributed by atoms with Crippen LogP contribution >= 0.6 is 0 Å². The molecule has 1 atom stereocenters. The third-order valence-corrected chi connectivity index (χ3v) is 2.42. The molecule has 1 aromatic carbocycles. The largest absolute Gasteiger partial charge is 0.465 e. The Labute approximate surface area is 101 Å². The zero-order chi connectivity index (χ0) is 12.5. The number of hydrogen-bond donors (Lipinski definition) is 1. The molecule has 1 aromatic rings. The third-order valence-electron chi connectivity index (χ3n) is 2.42. The molecule has 0 spiro atoms. The van der Waals surface area contributed by atoms with E-state index >= 15 is 0 Å². The zero-order valence-corrected chi connectivity index (χ0v) is 9.87. The highest BCUT2D eigenvalue weighted by Gasteiger charge is 2.17. The minimum absolute atomic E-state index is 0.333. The minimum Gasteiger partial charge on any atom is -0.465 e. The van der Waals surface area contributed by atoms with Crippen molar-refractivity contribution in [2.75, 3.05) is 6.61 Å². The van der Waals surface area contributed by atoms with Gasteiger partial charge in [-0.1, -0.05) is 30.3 Å². The van der Waals surface area contributed by atoms with E-state index in [-0.39, 0.29) is 5.97 Å². The summed E-state index contributed by atoms with van der Waals surface area (Å²) in [6.07, 6.45) is 2.55. The van der Waals surface area contributed by atoms with Crippen molar-refractivity contribution in [2.45, 2.75) is 19.8 Å². The van der Waals surface area contributed by atoms with Crippen LogP contribution in [0.5, 0.6) is 0 Å². The lowest BCUT2D eigenvalue weighted by atomic mass is 10.0. The average Bonchev–Trinajstić information content (AvgIpc) is 2.36. The number of carbonyl (C=O) groups is 1. The molecule has 0 bridgehead atoms. The second kappa shape index (κ2) is 7.44. The number of rotatable bonds is 6. The van der Waals surface area contributed by atoms with Gasteiger partial charge in [-0.2, -0.15) is 0 Å². The van der Waals surface area contributed by atoms with Crippen LogP contribution in [0, 0.1) is 5.92 Å². The molecule has 0 aromatic heterocycles. The van der Waals surface area contributed by atoms with Crippen LogP contribution in [0.3, 0.4) is 0 Å². The molecule has 0 radical (unpaired) electrons. The first kappa shape index (κ1) is 13.2. The number of nitrogens with zero attached hydrogens (tertiary/aromatic N) is 1. The fraction of sp³-hybridized carbons (Fsp3) is 0.385. The lowest BCUT2D eigenvalue weighted by molar-refractivity contribution is -0.145. The van der Waals surface area contributed by atoms with Crippen molar-refractivity contribution in [1.29, 1.82) is 0 Å². The summed E-state index contributed by atoms with van der Waals surface area (Å²) in [5.41, 5.74) is 1.15. The van der Waals surface area contributed by atoms with Crippen molar-refractivity contribution in [3.63, 3.8) is 0 Å². The summed E-state index contributed by atoms with van der Waals surface area (Å²) in [6.45, 7) is 2.09. The molecule has 1 N–H and O–H groups in total. The summed E-state index contributed by atoms with van der Waals surface area (Å²) in [6, 6.07) is 9.85. The van der Waals surface area contributed by atoms with Crippen molar-refractivity contribution < 1.29 is 14.7 Å². The Morgan fingerprint density at radius 2 is 2.18 bits per heavy atom. The molecule has 0 saturated heterocycles. The van der Waals surface area contributed by atoms with E-state index in [1.807, 2.05) is 30.3 Å². The first-order valence-electron chi connectivity index (χ1n) is 5.66. The maximum atomic E-state index is 11.5. The Balaban J connectivity index is 2.53. The summed E-state index contributed by atoms with van der Waals surface area (Å²) >= 11 is 0. The molecule has 4 nitrogen and oxygen atoms in total. The van der Waals surface area contributed by atoms with Gasteiger partial charge in [0.05, 0.1) is 18.7 Å². The molecular formula is C13H17NO3. The van der Waals surface area contributed by atoms with Crippen LogP contribution in [0.4, 0.5) is 0 Å². The molecule has 92 valence electrons. The quantitative estimate of drug-likeness (QED) is 0.356. The number of esters is 1. The fourth-order valence-corrected chi connectivity index (χ4v) is 1.55. The molecule has 0 aliphatic heterocycles. The van der Waals surface area contributed by atoms with Crippen LogP contribution in [0.2, 0.25) is 0 Å². The molecule has 1 rings (SSSR count). The highest BCUT2D eigenvalue weighted by molar-refractivity contribution is 5.89. The summed E-state index contributed by atoms with van der Waals surface area (Å²) in [5.74, 6) is -0.832. The van der Waals surface area contributed by atoms with E-state index in [2.05, 4.69) is 5.16 Å². The van der Waals surface area contributed by atoms with Gasteiger partial charge in [-0.15, -0.1) is 5.16 Å². The van der Waals surface area contributed by atoms with E-state index in [0.717, 1.165) is 12.0 Å². The van der Waals surface area contributed by atoms with E-state index in [1.54, 1.807) is 6.92 Å². The van der Waals surface area contributed by atoms with E-state index in [0.29, 0.717) is 13.0 Å². The molecule has 17 heavy (non-hydrogen) atoms. The average molecular weight is 235 g/mol. The van der Waals surface area contributed by atoms with Crippen LogP contribution in [0.15, 0.2) is 35.5 Å². The smallest absolute Gasteiger partial charge is 0.314 e. The molecule has 0 saturated carbocycles. The first-order valence-corrected chi connectivity index (χ1v) is 5.66. The Morgan fingerprint density at radius 3 is 2.76 bits per heavy atom. The summed E-state index contributed by atoms with van der Waals surface area (Å²) in [4.78, 5) is 11.5. The van der Waals surface area contributed by atoms with Gasteiger partial charge in [0.2, 0.25) is 0 Å². The lowest BCUT2D eigenvalue weighted by Gasteiger charge is -2.10.